The molecule has 4 rings (SSSR count). The van der Waals surface area contributed by atoms with Gasteiger partial charge >= 0.3 is 5.97 Å². The van der Waals surface area contributed by atoms with Gasteiger partial charge in [-0.25, -0.2) is 4.79 Å². The van der Waals surface area contributed by atoms with Crippen LogP contribution in [0.1, 0.15) is 36.0 Å². The Morgan fingerprint density at radius 1 is 1.23 bits per heavy atom. The van der Waals surface area contributed by atoms with Gasteiger partial charge in [-0.3, -0.25) is 9.69 Å². The molecule has 1 amide bonds. The van der Waals surface area contributed by atoms with Crippen LogP contribution in [0.15, 0.2) is 46.3 Å². The van der Waals surface area contributed by atoms with Crippen LogP contribution in [0.2, 0.25) is 0 Å². The van der Waals surface area contributed by atoms with Crippen molar-refractivity contribution in [3.05, 3.63) is 53.2 Å². The number of hydrogen-bond donors (Lipinski definition) is 1. The van der Waals surface area contributed by atoms with Crippen LogP contribution < -0.4 is 5.32 Å². The maximum absolute atomic E-state index is 12.8. The Kier molecular flexibility index (Phi) is 6.73. The van der Waals surface area contributed by atoms with E-state index in [0.29, 0.717) is 29.5 Å². The molecule has 1 aliphatic heterocycles. The highest BCUT2D eigenvalue weighted by Crippen LogP contribution is 2.24. The summed E-state index contributed by atoms with van der Waals surface area (Å²) in [5.74, 6) is 0.564. The number of carbonyl (C=O) groups is 2. The van der Waals surface area contributed by atoms with E-state index in [1.807, 2.05) is 17.5 Å². The second kappa shape index (κ2) is 9.84. The van der Waals surface area contributed by atoms with E-state index in [0.717, 1.165) is 30.8 Å². The van der Waals surface area contributed by atoms with Crippen LogP contribution in [-0.4, -0.2) is 46.6 Å². The lowest BCUT2D eigenvalue weighted by Crippen LogP contribution is -2.38. The molecule has 1 aromatic carbocycles. The van der Waals surface area contributed by atoms with E-state index in [2.05, 4.69) is 20.4 Å². The Morgan fingerprint density at radius 3 is 2.77 bits per heavy atom. The highest BCUT2D eigenvalue weighted by atomic mass is 32.1. The van der Waals surface area contributed by atoms with Gasteiger partial charge in [-0.2, -0.15) is 4.98 Å². The molecule has 162 valence electrons. The molecule has 0 spiro atoms. The Balaban J connectivity index is 1.30. The van der Waals surface area contributed by atoms with Crippen LogP contribution in [0.4, 0.5) is 5.69 Å². The van der Waals surface area contributed by atoms with Crippen LogP contribution in [-0.2, 0) is 16.1 Å². The lowest BCUT2D eigenvalue weighted by atomic mass is 9.95. The van der Waals surface area contributed by atoms with Gasteiger partial charge in [0.1, 0.15) is 0 Å². The summed E-state index contributed by atoms with van der Waals surface area (Å²) in [5.41, 5.74) is 0.855. The summed E-state index contributed by atoms with van der Waals surface area (Å²) in [4.78, 5) is 32.6. The van der Waals surface area contributed by atoms with Crippen LogP contribution in [0.25, 0.3) is 10.7 Å². The topological polar surface area (TPSA) is 97.6 Å². The first-order valence-corrected chi connectivity index (χ1v) is 11.2. The highest BCUT2D eigenvalue weighted by molar-refractivity contribution is 7.13. The van der Waals surface area contributed by atoms with Crippen LogP contribution >= 0.6 is 11.3 Å². The number of ether oxygens (including phenoxy) is 1. The summed E-state index contributed by atoms with van der Waals surface area (Å²) >= 11 is 1.57. The smallest absolute Gasteiger partial charge is 0.340 e. The average Bonchev–Trinajstić information content (AvgIpc) is 3.47. The normalized spacial score (nSPS) is 15.0. The largest absolute Gasteiger partial charge is 0.462 e. The number of anilines is 1. The zero-order chi connectivity index (χ0) is 21.6. The minimum Gasteiger partial charge on any atom is -0.462 e. The third kappa shape index (κ3) is 5.18. The standard InChI is InChI=1S/C22H24N4O4S/c1-2-29-22(28)16-6-3-4-7-17(16)23-21(27)15-9-11-26(12-10-15)14-19-24-20(25-30-19)18-8-5-13-31-18/h3-8,13,15H,2,9-12,14H2,1H3,(H,23,27). The fourth-order valence-electron chi connectivity index (χ4n) is 3.58. The Hall–Kier alpha value is -3.04. The molecular formula is C22H24N4O4S. The minimum atomic E-state index is -0.435. The van der Waals surface area contributed by atoms with E-state index in [-0.39, 0.29) is 18.4 Å². The van der Waals surface area contributed by atoms with Crippen molar-refractivity contribution in [3.63, 3.8) is 0 Å². The van der Waals surface area contributed by atoms with E-state index in [1.54, 1.807) is 42.5 Å². The van der Waals surface area contributed by atoms with Gasteiger partial charge in [0.05, 0.1) is 29.3 Å². The number of nitrogens with one attached hydrogen (secondary N) is 1. The molecule has 0 atom stereocenters. The number of rotatable bonds is 7. The van der Waals surface area contributed by atoms with E-state index in [1.165, 1.54) is 0 Å². The van der Waals surface area contributed by atoms with E-state index in [9.17, 15) is 9.59 Å². The van der Waals surface area contributed by atoms with E-state index in [4.69, 9.17) is 9.26 Å². The number of nitrogens with zero attached hydrogens (tertiary/aromatic N) is 3. The summed E-state index contributed by atoms with van der Waals surface area (Å²) in [5, 5.41) is 8.93. The number of benzene rings is 1. The monoisotopic (exact) mass is 440 g/mol. The number of piperidine rings is 1. The van der Waals surface area contributed by atoms with Crippen molar-refractivity contribution < 1.29 is 18.8 Å². The summed E-state index contributed by atoms with van der Waals surface area (Å²) in [6.07, 6.45) is 1.44. The Morgan fingerprint density at radius 2 is 2.03 bits per heavy atom. The molecule has 1 N–H and O–H groups in total. The molecular weight excluding hydrogens is 416 g/mol. The van der Waals surface area contributed by atoms with Gasteiger partial charge in [-0.1, -0.05) is 23.4 Å². The molecule has 1 fully saturated rings. The second-order valence-electron chi connectivity index (χ2n) is 7.29. The third-order valence-electron chi connectivity index (χ3n) is 5.21. The summed E-state index contributed by atoms with van der Waals surface area (Å²) in [6, 6.07) is 10.8. The molecule has 3 aromatic rings. The van der Waals surface area contributed by atoms with E-state index >= 15 is 0 Å². The van der Waals surface area contributed by atoms with Crippen molar-refractivity contribution >= 4 is 28.9 Å². The maximum Gasteiger partial charge on any atom is 0.340 e. The van der Waals surface area contributed by atoms with Crippen molar-refractivity contribution in [1.29, 1.82) is 0 Å². The van der Waals surface area contributed by atoms with Crippen molar-refractivity contribution in [2.45, 2.75) is 26.3 Å². The quantitative estimate of drug-likeness (QED) is 0.558. The number of amides is 1. The molecule has 1 aliphatic rings. The molecule has 3 heterocycles. The van der Waals surface area contributed by atoms with Gasteiger partial charge < -0.3 is 14.6 Å². The third-order valence-corrected chi connectivity index (χ3v) is 6.07. The average molecular weight is 441 g/mol. The molecule has 0 bridgehead atoms. The first-order valence-electron chi connectivity index (χ1n) is 10.3. The SMILES string of the molecule is CCOC(=O)c1ccccc1NC(=O)C1CCN(Cc2nc(-c3cccs3)no2)CC1. The van der Waals surface area contributed by atoms with Crippen LogP contribution in [0.3, 0.4) is 0 Å². The fourth-order valence-corrected chi connectivity index (χ4v) is 4.23. The molecule has 2 aromatic heterocycles. The van der Waals surface area contributed by atoms with Crippen molar-refractivity contribution in [1.82, 2.24) is 15.0 Å². The number of likely N-dealkylation sites (tertiary alicyclic amines) is 1. The number of para-hydroxylation sites is 1. The molecule has 0 radical (unpaired) electrons. The molecule has 9 heteroatoms. The maximum atomic E-state index is 12.8. The summed E-state index contributed by atoms with van der Waals surface area (Å²) < 4.78 is 10.5. The number of aromatic nitrogens is 2. The van der Waals surface area contributed by atoms with Crippen molar-refractivity contribution in [2.24, 2.45) is 5.92 Å². The summed E-state index contributed by atoms with van der Waals surface area (Å²) in [7, 11) is 0. The van der Waals surface area contributed by atoms with Gasteiger partial charge in [-0.15, -0.1) is 11.3 Å². The van der Waals surface area contributed by atoms with Gasteiger partial charge in [0.15, 0.2) is 0 Å². The molecule has 31 heavy (non-hydrogen) atoms. The lowest BCUT2D eigenvalue weighted by molar-refractivity contribution is -0.121. The molecule has 1 saturated heterocycles. The molecule has 0 unspecified atom stereocenters. The zero-order valence-corrected chi connectivity index (χ0v) is 18.1. The first-order chi connectivity index (χ1) is 15.1. The van der Waals surface area contributed by atoms with Gasteiger partial charge in [0.2, 0.25) is 17.6 Å². The molecule has 8 nitrogen and oxygen atoms in total. The highest BCUT2D eigenvalue weighted by Gasteiger charge is 2.27. The first kappa shape index (κ1) is 21.2. The fraction of sp³-hybridized carbons (Fsp3) is 0.364. The second-order valence-corrected chi connectivity index (χ2v) is 8.24. The Labute approximate surface area is 184 Å². The van der Waals surface area contributed by atoms with E-state index < -0.39 is 5.97 Å². The number of hydrogen-bond acceptors (Lipinski definition) is 8. The molecule has 0 saturated carbocycles. The van der Waals surface area contributed by atoms with Crippen LogP contribution in [0, 0.1) is 5.92 Å². The van der Waals surface area contributed by atoms with Gasteiger partial charge in [-0.05, 0) is 56.4 Å². The van der Waals surface area contributed by atoms with Crippen molar-refractivity contribution in [3.8, 4) is 10.7 Å². The Bertz CT molecular complexity index is 1030. The molecule has 0 aliphatic carbocycles. The number of esters is 1. The predicted molar refractivity (Wildman–Crippen MR) is 117 cm³/mol. The number of thiophene rings is 1. The predicted octanol–water partition coefficient (Wildman–Crippen LogP) is 3.83. The lowest BCUT2D eigenvalue weighted by Gasteiger charge is -2.30. The van der Waals surface area contributed by atoms with Crippen LogP contribution in [0.5, 0.6) is 0 Å². The summed E-state index contributed by atoms with van der Waals surface area (Å²) in [6.45, 7) is 4.12. The zero-order valence-electron chi connectivity index (χ0n) is 17.2. The number of carbonyl (C=O) groups excluding carboxylic acids is 2. The van der Waals surface area contributed by atoms with Gasteiger partial charge in [0.25, 0.3) is 0 Å². The van der Waals surface area contributed by atoms with Crippen molar-refractivity contribution in [2.75, 3.05) is 25.0 Å². The minimum absolute atomic E-state index is 0.0748. The van der Waals surface area contributed by atoms with Gasteiger partial charge in [0, 0.05) is 5.92 Å².